The minimum atomic E-state index is -0.950. The summed E-state index contributed by atoms with van der Waals surface area (Å²) in [6.07, 6.45) is 5.15. The van der Waals surface area contributed by atoms with Crippen LogP contribution in [0.15, 0.2) is 23.3 Å². The first-order valence-corrected chi connectivity index (χ1v) is 11.8. The number of hydrogen-bond acceptors (Lipinski definition) is 7. The SMILES string of the molecule is CC(=O)O[C@@H]1C=C(C)C2C(C1C(C)(C)OC(C)=O)[C@H]1O[C@@H]2C/C(C)=C\CCC1(C)OC(C)=O. The van der Waals surface area contributed by atoms with Gasteiger partial charge in [-0.05, 0) is 60.0 Å². The first kappa shape index (κ1) is 25.5. The van der Waals surface area contributed by atoms with E-state index in [0.29, 0.717) is 6.42 Å². The van der Waals surface area contributed by atoms with Crippen LogP contribution in [0.2, 0.25) is 0 Å². The van der Waals surface area contributed by atoms with Crippen molar-refractivity contribution in [3.63, 3.8) is 0 Å². The van der Waals surface area contributed by atoms with Gasteiger partial charge in [-0.3, -0.25) is 14.4 Å². The largest absolute Gasteiger partial charge is 0.459 e. The molecule has 2 aliphatic heterocycles. The van der Waals surface area contributed by atoms with Crippen molar-refractivity contribution in [2.24, 2.45) is 17.8 Å². The van der Waals surface area contributed by atoms with E-state index in [2.05, 4.69) is 13.0 Å². The molecule has 33 heavy (non-hydrogen) atoms. The quantitative estimate of drug-likeness (QED) is 0.350. The van der Waals surface area contributed by atoms with E-state index in [4.69, 9.17) is 18.9 Å². The van der Waals surface area contributed by atoms with Gasteiger partial charge in [-0.15, -0.1) is 0 Å². The molecule has 0 spiro atoms. The van der Waals surface area contributed by atoms with Crippen LogP contribution in [0, 0.1) is 17.8 Å². The Morgan fingerprint density at radius 3 is 2.33 bits per heavy atom. The number of carbonyl (C=O) groups excluding carboxylic acids is 3. The van der Waals surface area contributed by atoms with Crippen LogP contribution in [0.4, 0.5) is 0 Å². The number of ether oxygens (including phenoxy) is 4. The van der Waals surface area contributed by atoms with Gasteiger partial charge < -0.3 is 18.9 Å². The van der Waals surface area contributed by atoms with Gasteiger partial charge >= 0.3 is 17.9 Å². The molecule has 1 aliphatic carbocycles. The third-order valence-corrected chi connectivity index (χ3v) is 7.35. The summed E-state index contributed by atoms with van der Waals surface area (Å²) in [6, 6.07) is 0. The molecule has 7 nitrogen and oxygen atoms in total. The number of hydrogen-bond donors (Lipinski definition) is 0. The van der Waals surface area contributed by atoms with E-state index in [1.54, 1.807) is 0 Å². The van der Waals surface area contributed by atoms with E-state index < -0.39 is 35.3 Å². The average Bonchev–Trinajstić information content (AvgIpc) is 3.00. The minimum absolute atomic E-state index is 0.0120. The molecule has 7 atom stereocenters. The highest BCUT2D eigenvalue weighted by molar-refractivity contribution is 5.67. The topological polar surface area (TPSA) is 88.1 Å². The molecule has 0 aromatic rings. The highest BCUT2D eigenvalue weighted by Crippen LogP contribution is 2.55. The lowest BCUT2D eigenvalue weighted by Gasteiger charge is -2.49. The zero-order valence-electron chi connectivity index (χ0n) is 21.1. The summed E-state index contributed by atoms with van der Waals surface area (Å²) in [5.41, 5.74) is 0.479. The fraction of sp³-hybridized carbons (Fsp3) is 0.731. The summed E-state index contributed by atoms with van der Waals surface area (Å²) in [6.45, 7) is 13.9. The maximum Gasteiger partial charge on any atom is 0.303 e. The summed E-state index contributed by atoms with van der Waals surface area (Å²) in [7, 11) is 0. The Bertz CT molecular complexity index is 870. The first-order valence-electron chi connectivity index (χ1n) is 11.8. The Hall–Kier alpha value is -2.15. The van der Waals surface area contributed by atoms with E-state index in [9.17, 15) is 14.4 Å². The summed E-state index contributed by atoms with van der Waals surface area (Å²) in [5, 5.41) is 0. The van der Waals surface area contributed by atoms with Crippen molar-refractivity contribution >= 4 is 17.9 Å². The molecule has 0 saturated carbocycles. The number of esters is 3. The van der Waals surface area contributed by atoms with Crippen LogP contribution in [0.1, 0.15) is 74.7 Å². The summed E-state index contributed by atoms with van der Waals surface area (Å²) in [5.74, 6) is -1.73. The highest BCUT2D eigenvalue weighted by atomic mass is 16.6. The van der Waals surface area contributed by atoms with Crippen LogP contribution in [-0.4, -0.2) is 47.4 Å². The Balaban J connectivity index is 2.20. The highest BCUT2D eigenvalue weighted by Gasteiger charge is 2.62. The molecule has 1 saturated heterocycles. The summed E-state index contributed by atoms with van der Waals surface area (Å²) >= 11 is 0. The van der Waals surface area contributed by atoms with Crippen LogP contribution >= 0.6 is 0 Å². The fourth-order valence-corrected chi connectivity index (χ4v) is 6.41. The number of carbonyl (C=O) groups is 3. The molecule has 0 amide bonds. The first-order chi connectivity index (χ1) is 15.2. The zero-order chi connectivity index (χ0) is 24.7. The van der Waals surface area contributed by atoms with Gasteiger partial charge in [0.1, 0.15) is 23.4 Å². The van der Waals surface area contributed by atoms with Gasteiger partial charge in [-0.1, -0.05) is 17.2 Å². The van der Waals surface area contributed by atoms with Gasteiger partial charge in [0.05, 0.1) is 6.10 Å². The third kappa shape index (κ3) is 5.18. The Kier molecular flexibility index (Phi) is 7.13. The van der Waals surface area contributed by atoms with Gasteiger partial charge in [0.15, 0.2) is 0 Å². The monoisotopic (exact) mass is 462 g/mol. The van der Waals surface area contributed by atoms with Crippen LogP contribution in [0.5, 0.6) is 0 Å². The lowest BCUT2D eigenvalue weighted by molar-refractivity contribution is -0.191. The standard InChI is InChI=1S/C26H38O7/c1-14-10-9-11-26(8,33-18(5)29)24-22-21(19(12-14)31-24)15(2)13-20(30-16(3)27)23(22)25(6,7)32-17(4)28/h10,13,19-24H,9,11-12H2,1-8H3/b14-10-/t19-,20-,21?,22?,23?,24-,26?/m1/s1. The zero-order valence-corrected chi connectivity index (χ0v) is 21.1. The molecule has 1 fully saturated rings. The number of fused-ring (bicyclic) bond motifs is 5. The van der Waals surface area contributed by atoms with E-state index in [1.807, 2.05) is 33.8 Å². The van der Waals surface area contributed by atoms with Crippen LogP contribution in [0.3, 0.4) is 0 Å². The van der Waals surface area contributed by atoms with Gasteiger partial charge in [0.25, 0.3) is 0 Å². The van der Waals surface area contributed by atoms with Crippen molar-refractivity contribution in [2.45, 2.75) is 104 Å². The lowest BCUT2D eigenvalue weighted by atomic mass is 9.60. The average molecular weight is 463 g/mol. The molecule has 0 aromatic heterocycles. The molecule has 0 N–H and O–H groups in total. The molecule has 2 heterocycles. The van der Waals surface area contributed by atoms with Crippen molar-refractivity contribution in [3.8, 4) is 0 Å². The van der Waals surface area contributed by atoms with E-state index in [1.165, 1.54) is 26.3 Å². The van der Waals surface area contributed by atoms with Crippen LogP contribution in [0.25, 0.3) is 0 Å². The van der Waals surface area contributed by atoms with Gasteiger partial charge in [-0.2, -0.15) is 0 Å². The Morgan fingerprint density at radius 2 is 1.76 bits per heavy atom. The number of allylic oxidation sites excluding steroid dienone is 1. The molecule has 2 bridgehead atoms. The molecule has 3 aliphatic rings. The van der Waals surface area contributed by atoms with Gasteiger partial charge in [0.2, 0.25) is 0 Å². The van der Waals surface area contributed by atoms with Crippen molar-refractivity contribution in [1.29, 1.82) is 0 Å². The van der Waals surface area contributed by atoms with Crippen molar-refractivity contribution in [3.05, 3.63) is 23.3 Å². The predicted octanol–water partition coefficient (Wildman–Crippen LogP) is 4.29. The van der Waals surface area contributed by atoms with E-state index in [0.717, 1.165) is 18.4 Å². The number of rotatable bonds is 4. The normalized spacial score (nSPS) is 37.8. The smallest absolute Gasteiger partial charge is 0.303 e. The maximum absolute atomic E-state index is 12.2. The molecular weight excluding hydrogens is 424 g/mol. The van der Waals surface area contributed by atoms with E-state index in [-0.39, 0.29) is 29.8 Å². The molecule has 4 unspecified atom stereocenters. The molecule has 0 radical (unpaired) electrons. The van der Waals surface area contributed by atoms with Gasteiger partial charge in [0, 0.05) is 38.5 Å². The van der Waals surface area contributed by atoms with Crippen molar-refractivity contribution in [1.82, 2.24) is 0 Å². The Morgan fingerprint density at radius 1 is 1.09 bits per heavy atom. The Labute approximate surface area is 196 Å². The fourth-order valence-electron chi connectivity index (χ4n) is 6.41. The maximum atomic E-state index is 12.2. The summed E-state index contributed by atoms with van der Waals surface area (Å²) < 4.78 is 24.3. The van der Waals surface area contributed by atoms with Crippen molar-refractivity contribution in [2.75, 3.05) is 0 Å². The minimum Gasteiger partial charge on any atom is -0.459 e. The van der Waals surface area contributed by atoms with E-state index >= 15 is 0 Å². The molecule has 7 heteroatoms. The summed E-state index contributed by atoms with van der Waals surface area (Å²) in [4.78, 5) is 36.2. The molecule has 3 rings (SSSR count). The van der Waals surface area contributed by atoms with Gasteiger partial charge in [-0.25, -0.2) is 0 Å². The lowest BCUT2D eigenvalue weighted by Crippen LogP contribution is -2.57. The molecular formula is C26H38O7. The molecule has 0 aromatic carbocycles. The van der Waals surface area contributed by atoms with Crippen LogP contribution in [-0.2, 0) is 33.3 Å². The van der Waals surface area contributed by atoms with Crippen LogP contribution < -0.4 is 0 Å². The second-order valence-electron chi connectivity index (χ2n) is 10.6. The second kappa shape index (κ2) is 9.24. The predicted molar refractivity (Wildman–Crippen MR) is 122 cm³/mol. The van der Waals surface area contributed by atoms with Crippen molar-refractivity contribution < 1.29 is 33.3 Å². The second-order valence-corrected chi connectivity index (χ2v) is 10.6. The molecule has 184 valence electrons. The third-order valence-electron chi connectivity index (χ3n) is 7.35.